The average Bonchev–Trinajstić information content (AvgIpc) is 2.74. The largest absolute Gasteiger partial charge is 0.462 e. The lowest BCUT2D eigenvalue weighted by Gasteiger charge is -2.31. The monoisotopic (exact) mass is 398 g/mol. The van der Waals surface area contributed by atoms with Crippen LogP contribution in [0.25, 0.3) is 0 Å². The number of rotatable bonds is 5. The van der Waals surface area contributed by atoms with E-state index in [0.29, 0.717) is 49.4 Å². The van der Waals surface area contributed by atoms with E-state index in [2.05, 4.69) is 5.32 Å². The number of hydrogen-bond acceptors (Lipinski definition) is 4. The lowest BCUT2D eigenvalue weighted by molar-refractivity contribution is -0.121. The van der Waals surface area contributed by atoms with Crippen molar-refractivity contribution in [1.29, 1.82) is 0 Å². The molecule has 2 aromatic rings. The van der Waals surface area contributed by atoms with Gasteiger partial charge < -0.3 is 15.0 Å². The lowest BCUT2D eigenvalue weighted by Crippen LogP contribution is -2.41. The zero-order chi connectivity index (χ0) is 20.8. The highest BCUT2D eigenvalue weighted by Gasteiger charge is 2.28. The predicted molar refractivity (Wildman–Crippen MR) is 106 cm³/mol. The standard InChI is InChI=1S/C22H23FN2O4/c1-2-29-22(28)17-5-9-19(10-6-17)24-20(26)15-11-13-25(14-12-15)21(27)16-3-7-18(23)8-4-16/h3-10,15H,2,11-14H2,1H3,(H,24,26). The minimum Gasteiger partial charge on any atom is -0.462 e. The molecule has 6 nitrogen and oxygen atoms in total. The van der Waals surface area contributed by atoms with Crippen molar-refractivity contribution >= 4 is 23.5 Å². The van der Waals surface area contributed by atoms with Crippen molar-refractivity contribution in [3.63, 3.8) is 0 Å². The molecule has 1 aliphatic rings. The molecule has 3 rings (SSSR count). The molecule has 7 heteroatoms. The summed E-state index contributed by atoms with van der Waals surface area (Å²) in [6, 6.07) is 12.0. The highest BCUT2D eigenvalue weighted by Crippen LogP contribution is 2.21. The summed E-state index contributed by atoms with van der Waals surface area (Å²) in [5.74, 6) is -1.24. The molecule has 0 bridgehead atoms. The van der Waals surface area contributed by atoms with Crippen molar-refractivity contribution in [2.45, 2.75) is 19.8 Å². The summed E-state index contributed by atoms with van der Waals surface area (Å²) in [5, 5.41) is 2.86. The minimum atomic E-state index is -0.399. The Morgan fingerprint density at radius 2 is 1.59 bits per heavy atom. The Morgan fingerprint density at radius 3 is 2.17 bits per heavy atom. The van der Waals surface area contributed by atoms with Gasteiger partial charge in [0.1, 0.15) is 5.82 Å². The highest BCUT2D eigenvalue weighted by atomic mass is 19.1. The van der Waals surface area contributed by atoms with Crippen LogP contribution in [0, 0.1) is 11.7 Å². The average molecular weight is 398 g/mol. The topological polar surface area (TPSA) is 75.7 Å². The van der Waals surface area contributed by atoms with Gasteiger partial charge in [0.25, 0.3) is 5.91 Å². The summed E-state index contributed by atoms with van der Waals surface area (Å²) < 4.78 is 17.9. The minimum absolute atomic E-state index is 0.109. The third kappa shape index (κ3) is 5.19. The van der Waals surface area contributed by atoms with Crippen molar-refractivity contribution in [3.05, 3.63) is 65.5 Å². The fraction of sp³-hybridized carbons (Fsp3) is 0.318. The van der Waals surface area contributed by atoms with Crippen molar-refractivity contribution < 1.29 is 23.5 Å². The second-order valence-electron chi connectivity index (χ2n) is 6.86. The summed E-state index contributed by atoms with van der Waals surface area (Å²) in [5.41, 5.74) is 1.47. The Balaban J connectivity index is 1.51. The van der Waals surface area contributed by atoms with Gasteiger partial charge in [0.05, 0.1) is 12.2 Å². The SMILES string of the molecule is CCOC(=O)c1ccc(NC(=O)C2CCN(C(=O)c3ccc(F)cc3)CC2)cc1. The van der Waals surface area contributed by atoms with Gasteiger partial charge in [0.15, 0.2) is 0 Å². The number of piperidine rings is 1. The van der Waals surface area contributed by atoms with Gasteiger partial charge in [-0.2, -0.15) is 0 Å². The van der Waals surface area contributed by atoms with Crippen LogP contribution < -0.4 is 5.32 Å². The van der Waals surface area contributed by atoms with Crippen LogP contribution in [0.2, 0.25) is 0 Å². The fourth-order valence-corrected chi connectivity index (χ4v) is 3.27. The number of halogens is 1. The number of amides is 2. The number of carbonyl (C=O) groups is 3. The van der Waals surface area contributed by atoms with Gasteiger partial charge in [-0.25, -0.2) is 9.18 Å². The molecule has 1 heterocycles. The Bertz CT molecular complexity index is 873. The van der Waals surface area contributed by atoms with Crippen molar-refractivity contribution in [2.24, 2.45) is 5.92 Å². The third-order valence-electron chi connectivity index (χ3n) is 4.91. The number of nitrogens with one attached hydrogen (secondary N) is 1. The fourth-order valence-electron chi connectivity index (χ4n) is 3.27. The molecule has 1 fully saturated rings. The van der Waals surface area contributed by atoms with E-state index in [4.69, 9.17) is 4.74 Å². The molecule has 2 amide bonds. The molecule has 0 atom stereocenters. The van der Waals surface area contributed by atoms with E-state index in [9.17, 15) is 18.8 Å². The van der Waals surface area contributed by atoms with E-state index in [1.165, 1.54) is 24.3 Å². The number of ether oxygens (including phenoxy) is 1. The van der Waals surface area contributed by atoms with E-state index >= 15 is 0 Å². The maximum atomic E-state index is 13.0. The molecule has 0 unspecified atom stereocenters. The first-order valence-corrected chi connectivity index (χ1v) is 9.61. The molecule has 29 heavy (non-hydrogen) atoms. The molecule has 2 aromatic carbocycles. The molecule has 1 N–H and O–H groups in total. The molecule has 1 aliphatic heterocycles. The first-order valence-electron chi connectivity index (χ1n) is 9.61. The van der Waals surface area contributed by atoms with Crippen LogP contribution in [-0.2, 0) is 9.53 Å². The summed E-state index contributed by atoms with van der Waals surface area (Å²) >= 11 is 0. The summed E-state index contributed by atoms with van der Waals surface area (Å²) in [6.07, 6.45) is 1.11. The quantitative estimate of drug-likeness (QED) is 0.783. The van der Waals surface area contributed by atoms with E-state index in [-0.39, 0.29) is 23.5 Å². The molecule has 0 aliphatic carbocycles. The Morgan fingerprint density at radius 1 is 1.00 bits per heavy atom. The zero-order valence-electron chi connectivity index (χ0n) is 16.2. The number of hydrogen-bond donors (Lipinski definition) is 1. The van der Waals surface area contributed by atoms with Crippen molar-refractivity contribution in [3.8, 4) is 0 Å². The van der Waals surface area contributed by atoms with Gasteiger partial charge in [0, 0.05) is 30.3 Å². The van der Waals surface area contributed by atoms with Gasteiger partial charge in [-0.15, -0.1) is 0 Å². The number of carbonyl (C=O) groups excluding carboxylic acids is 3. The number of benzene rings is 2. The number of anilines is 1. The molecule has 0 spiro atoms. The first kappa shape index (κ1) is 20.5. The Hall–Kier alpha value is -3.22. The Kier molecular flexibility index (Phi) is 6.59. The first-order chi connectivity index (χ1) is 14.0. The summed E-state index contributed by atoms with van der Waals surface area (Å²) in [6.45, 7) is 2.98. The smallest absolute Gasteiger partial charge is 0.338 e. The molecular formula is C22H23FN2O4. The van der Waals surface area contributed by atoms with Crippen molar-refractivity contribution in [2.75, 3.05) is 25.0 Å². The molecule has 0 saturated carbocycles. The Labute approximate surface area is 168 Å². The van der Waals surface area contributed by atoms with Crippen LogP contribution in [0.15, 0.2) is 48.5 Å². The van der Waals surface area contributed by atoms with Gasteiger partial charge >= 0.3 is 5.97 Å². The van der Waals surface area contributed by atoms with Crippen molar-refractivity contribution in [1.82, 2.24) is 4.90 Å². The molecule has 1 saturated heterocycles. The van der Waals surface area contributed by atoms with E-state index in [1.54, 1.807) is 36.1 Å². The van der Waals surface area contributed by atoms with Crippen LogP contribution in [0.4, 0.5) is 10.1 Å². The van der Waals surface area contributed by atoms with Gasteiger partial charge in [-0.05, 0) is 68.3 Å². The number of likely N-dealkylation sites (tertiary alicyclic amines) is 1. The number of esters is 1. The highest BCUT2D eigenvalue weighted by molar-refractivity contribution is 5.96. The van der Waals surface area contributed by atoms with E-state index < -0.39 is 5.97 Å². The van der Waals surface area contributed by atoms with E-state index in [0.717, 1.165) is 0 Å². The third-order valence-corrected chi connectivity index (χ3v) is 4.91. The number of nitrogens with zero attached hydrogens (tertiary/aromatic N) is 1. The van der Waals surface area contributed by atoms with Crippen LogP contribution in [0.1, 0.15) is 40.5 Å². The van der Waals surface area contributed by atoms with Crippen LogP contribution in [-0.4, -0.2) is 42.4 Å². The molecule has 0 radical (unpaired) electrons. The molecular weight excluding hydrogens is 375 g/mol. The molecule has 0 aromatic heterocycles. The lowest BCUT2D eigenvalue weighted by atomic mass is 9.95. The maximum Gasteiger partial charge on any atom is 0.338 e. The molecule has 152 valence electrons. The van der Waals surface area contributed by atoms with Gasteiger partial charge in [-0.3, -0.25) is 9.59 Å². The van der Waals surface area contributed by atoms with Gasteiger partial charge in [-0.1, -0.05) is 0 Å². The van der Waals surface area contributed by atoms with Crippen LogP contribution >= 0.6 is 0 Å². The maximum absolute atomic E-state index is 13.0. The zero-order valence-corrected chi connectivity index (χ0v) is 16.2. The summed E-state index contributed by atoms with van der Waals surface area (Å²) in [7, 11) is 0. The second kappa shape index (κ2) is 9.32. The van der Waals surface area contributed by atoms with E-state index in [1.807, 2.05) is 0 Å². The normalized spacial score (nSPS) is 14.3. The van der Waals surface area contributed by atoms with Crippen LogP contribution in [0.3, 0.4) is 0 Å². The predicted octanol–water partition coefficient (Wildman–Crippen LogP) is 3.49. The summed E-state index contributed by atoms with van der Waals surface area (Å²) in [4.78, 5) is 38.4. The second-order valence-corrected chi connectivity index (χ2v) is 6.86. The van der Waals surface area contributed by atoms with Crippen LogP contribution in [0.5, 0.6) is 0 Å². The van der Waals surface area contributed by atoms with Gasteiger partial charge in [0.2, 0.25) is 5.91 Å².